The van der Waals surface area contributed by atoms with Crippen LogP contribution in [0.3, 0.4) is 0 Å². The van der Waals surface area contributed by atoms with Gasteiger partial charge in [0.2, 0.25) is 5.91 Å². The smallest absolute Gasteiger partial charge is 0.265 e. The number of carbonyl (C=O) groups is 3. The van der Waals surface area contributed by atoms with Gasteiger partial charge < -0.3 is 15.0 Å². The SMILES string of the molecule is CN(C)C(=O)c1ccc2c(c1)N(CC(=O)NC1CCN(Cc3ccccc3)CC1)C(=O)CO2. The van der Waals surface area contributed by atoms with E-state index >= 15 is 0 Å². The number of likely N-dealkylation sites (tertiary alicyclic amines) is 1. The van der Waals surface area contributed by atoms with Gasteiger partial charge in [-0.05, 0) is 36.6 Å². The molecular formula is C25H30N4O4. The van der Waals surface area contributed by atoms with Gasteiger partial charge in [-0.2, -0.15) is 0 Å². The van der Waals surface area contributed by atoms with Crippen LogP contribution in [0.15, 0.2) is 48.5 Å². The second kappa shape index (κ2) is 10.0. The zero-order valence-electron chi connectivity index (χ0n) is 19.1. The number of amides is 3. The molecule has 1 N–H and O–H groups in total. The molecule has 2 aromatic carbocycles. The van der Waals surface area contributed by atoms with Gasteiger partial charge in [0.25, 0.3) is 11.8 Å². The molecule has 0 unspecified atom stereocenters. The molecule has 0 saturated carbocycles. The Bertz CT molecular complexity index is 1020. The summed E-state index contributed by atoms with van der Waals surface area (Å²) >= 11 is 0. The van der Waals surface area contributed by atoms with E-state index in [1.54, 1.807) is 32.3 Å². The lowest BCUT2D eigenvalue weighted by atomic mass is 10.0. The summed E-state index contributed by atoms with van der Waals surface area (Å²) in [7, 11) is 3.33. The summed E-state index contributed by atoms with van der Waals surface area (Å²) < 4.78 is 5.50. The predicted molar refractivity (Wildman–Crippen MR) is 125 cm³/mol. The van der Waals surface area contributed by atoms with Gasteiger partial charge >= 0.3 is 0 Å². The first-order valence-corrected chi connectivity index (χ1v) is 11.2. The Morgan fingerprint density at radius 2 is 1.82 bits per heavy atom. The van der Waals surface area contributed by atoms with Crippen LogP contribution in [-0.4, -0.2) is 73.9 Å². The highest BCUT2D eigenvalue weighted by atomic mass is 16.5. The van der Waals surface area contributed by atoms with Crippen molar-refractivity contribution in [3.05, 3.63) is 59.7 Å². The minimum absolute atomic E-state index is 0.0850. The van der Waals surface area contributed by atoms with Crippen molar-refractivity contribution < 1.29 is 19.1 Å². The third kappa shape index (κ3) is 5.51. The van der Waals surface area contributed by atoms with E-state index in [0.717, 1.165) is 32.5 Å². The maximum atomic E-state index is 12.8. The molecule has 1 saturated heterocycles. The van der Waals surface area contributed by atoms with Crippen LogP contribution in [0.4, 0.5) is 5.69 Å². The Balaban J connectivity index is 1.35. The Labute approximate surface area is 194 Å². The minimum Gasteiger partial charge on any atom is -0.482 e. The van der Waals surface area contributed by atoms with Crippen LogP contribution >= 0.6 is 0 Å². The van der Waals surface area contributed by atoms with E-state index in [1.807, 2.05) is 18.2 Å². The maximum Gasteiger partial charge on any atom is 0.265 e. The molecule has 174 valence electrons. The largest absolute Gasteiger partial charge is 0.482 e. The number of fused-ring (bicyclic) bond motifs is 1. The highest BCUT2D eigenvalue weighted by molar-refractivity contribution is 6.04. The number of anilines is 1. The molecule has 2 heterocycles. The third-order valence-corrected chi connectivity index (χ3v) is 6.06. The summed E-state index contributed by atoms with van der Waals surface area (Å²) in [6.07, 6.45) is 1.74. The summed E-state index contributed by atoms with van der Waals surface area (Å²) in [6, 6.07) is 15.4. The van der Waals surface area contributed by atoms with Crippen molar-refractivity contribution in [1.29, 1.82) is 0 Å². The number of carbonyl (C=O) groups excluding carboxylic acids is 3. The molecular weight excluding hydrogens is 420 g/mol. The second-order valence-corrected chi connectivity index (χ2v) is 8.75. The highest BCUT2D eigenvalue weighted by Crippen LogP contribution is 2.33. The van der Waals surface area contributed by atoms with Crippen LogP contribution in [0.1, 0.15) is 28.8 Å². The Kier molecular flexibility index (Phi) is 6.93. The zero-order chi connectivity index (χ0) is 23.4. The van der Waals surface area contributed by atoms with Gasteiger partial charge in [0, 0.05) is 45.3 Å². The highest BCUT2D eigenvalue weighted by Gasteiger charge is 2.29. The third-order valence-electron chi connectivity index (χ3n) is 6.06. The lowest BCUT2D eigenvalue weighted by molar-refractivity contribution is -0.125. The average Bonchev–Trinajstić information content (AvgIpc) is 2.82. The van der Waals surface area contributed by atoms with E-state index in [0.29, 0.717) is 17.0 Å². The summed E-state index contributed by atoms with van der Waals surface area (Å²) in [5.41, 5.74) is 2.18. The normalized spacial score (nSPS) is 16.7. The molecule has 33 heavy (non-hydrogen) atoms. The van der Waals surface area contributed by atoms with Gasteiger partial charge in [0.05, 0.1) is 5.69 Å². The molecule has 2 aromatic rings. The van der Waals surface area contributed by atoms with Gasteiger partial charge in [-0.25, -0.2) is 0 Å². The standard InChI is InChI=1S/C25H30N4O4/c1-27(2)25(32)19-8-9-22-21(14-19)29(24(31)17-33-22)16-23(30)26-20-10-12-28(13-11-20)15-18-6-4-3-5-7-18/h3-9,14,20H,10-13,15-17H2,1-2H3,(H,26,30). The van der Waals surface area contributed by atoms with Crippen molar-refractivity contribution in [1.82, 2.24) is 15.1 Å². The molecule has 0 aromatic heterocycles. The number of hydrogen-bond acceptors (Lipinski definition) is 5. The van der Waals surface area contributed by atoms with Gasteiger partial charge in [0.1, 0.15) is 12.3 Å². The van der Waals surface area contributed by atoms with Crippen LogP contribution in [0.5, 0.6) is 5.75 Å². The van der Waals surface area contributed by atoms with E-state index in [2.05, 4.69) is 22.3 Å². The predicted octanol–water partition coefficient (Wildman–Crippen LogP) is 1.89. The second-order valence-electron chi connectivity index (χ2n) is 8.75. The molecule has 0 bridgehead atoms. The number of rotatable bonds is 6. The first-order chi connectivity index (χ1) is 15.9. The van der Waals surface area contributed by atoms with Crippen molar-refractivity contribution in [2.45, 2.75) is 25.4 Å². The molecule has 8 heteroatoms. The summed E-state index contributed by atoms with van der Waals surface area (Å²) in [4.78, 5) is 42.9. The number of nitrogens with one attached hydrogen (secondary N) is 1. The fourth-order valence-electron chi connectivity index (χ4n) is 4.26. The van der Waals surface area contributed by atoms with Crippen LogP contribution in [0, 0.1) is 0 Å². The fraction of sp³-hybridized carbons (Fsp3) is 0.400. The Morgan fingerprint density at radius 1 is 1.09 bits per heavy atom. The van der Waals surface area contributed by atoms with Gasteiger partial charge in [-0.1, -0.05) is 30.3 Å². The van der Waals surface area contributed by atoms with Crippen LogP contribution in [-0.2, 0) is 16.1 Å². The molecule has 0 radical (unpaired) electrons. The Hall–Kier alpha value is -3.39. The quantitative estimate of drug-likeness (QED) is 0.727. The van der Waals surface area contributed by atoms with Crippen molar-refractivity contribution in [2.75, 3.05) is 45.2 Å². The first-order valence-electron chi connectivity index (χ1n) is 11.2. The van der Waals surface area contributed by atoms with Crippen LogP contribution < -0.4 is 15.0 Å². The minimum atomic E-state index is -0.301. The Morgan fingerprint density at radius 3 is 2.52 bits per heavy atom. The van der Waals surface area contributed by atoms with Crippen molar-refractivity contribution >= 4 is 23.4 Å². The number of nitrogens with zero attached hydrogens (tertiary/aromatic N) is 3. The zero-order valence-corrected chi connectivity index (χ0v) is 19.1. The number of hydrogen-bond donors (Lipinski definition) is 1. The molecule has 4 rings (SSSR count). The summed E-state index contributed by atoms with van der Waals surface area (Å²) in [5, 5.41) is 3.08. The van der Waals surface area contributed by atoms with Crippen molar-refractivity contribution in [2.24, 2.45) is 0 Å². The molecule has 2 aliphatic rings. The average molecular weight is 451 g/mol. The van der Waals surface area contributed by atoms with E-state index in [-0.39, 0.29) is 36.9 Å². The number of benzene rings is 2. The van der Waals surface area contributed by atoms with E-state index in [9.17, 15) is 14.4 Å². The van der Waals surface area contributed by atoms with Crippen molar-refractivity contribution in [3.8, 4) is 5.75 Å². The van der Waals surface area contributed by atoms with E-state index in [1.165, 1.54) is 15.4 Å². The number of ether oxygens (including phenoxy) is 1. The topological polar surface area (TPSA) is 82.2 Å². The first kappa shape index (κ1) is 22.8. The van der Waals surface area contributed by atoms with Gasteiger partial charge in [-0.15, -0.1) is 0 Å². The summed E-state index contributed by atoms with van der Waals surface area (Å²) in [6.45, 7) is 2.51. The molecule has 0 aliphatic carbocycles. The molecule has 3 amide bonds. The van der Waals surface area contributed by atoms with Crippen LogP contribution in [0.25, 0.3) is 0 Å². The molecule has 0 spiro atoms. The molecule has 8 nitrogen and oxygen atoms in total. The molecule has 1 fully saturated rings. The molecule has 2 aliphatic heterocycles. The van der Waals surface area contributed by atoms with Crippen LogP contribution in [0.2, 0.25) is 0 Å². The van der Waals surface area contributed by atoms with E-state index < -0.39 is 0 Å². The summed E-state index contributed by atoms with van der Waals surface area (Å²) in [5.74, 6) is -0.193. The number of piperidine rings is 1. The van der Waals surface area contributed by atoms with E-state index in [4.69, 9.17) is 4.74 Å². The monoisotopic (exact) mass is 450 g/mol. The maximum absolute atomic E-state index is 12.8. The van der Waals surface area contributed by atoms with Crippen molar-refractivity contribution in [3.63, 3.8) is 0 Å². The van der Waals surface area contributed by atoms with Gasteiger partial charge in [0.15, 0.2) is 6.61 Å². The fourth-order valence-corrected chi connectivity index (χ4v) is 4.26. The molecule has 0 atom stereocenters. The van der Waals surface area contributed by atoms with Gasteiger partial charge in [-0.3, -0.25) is 24.2 Å². The lowest BCUT2D eigenvalue weighted by Crippen LogP contribution is -2.49. The lowest BCUT2D eigenvalue weighted by Gasteiger charge is -2.33.